The largest absolute Gasteiger partial charge is 0.493 e. The number of nitrogens with one attached hydrogen (secondary N) is 1. The number of halogens is 1. The molecule has 1 aromatic heterocycles. The maximum atomic E-state index is 11.9. The summed E-state index contributed by atoms with van der Waals surface area (Å²) in [7, 11) is 0. The van der Waals surface area contributed by atoms with Gasteiger partial charge < -0.3 is 10.1 Å². The van der Waals surface area contributed by atoms with Gasteiger partial charge in [0.05, 0.1) is 5.52 Å². The molecule has 3 rings (SSSR count). The SMILES string of the molecule is Cc1cc2c(N=NC(=O)c3ccccc3)c(O)[nH]c2cc1Br. The van der Waals surface area contributed by atoms with Crippen LogP contribution in [0.1, 0.15) is 15.9 Å². The maximum absolute atomic E-state index is 11.9. The van der Waals surface area contributed by atoms with Crippen molar-refractivity contribution in [3.63, 3.8) is 0 Å². The highest BCUT2D eigenvalue weighted by atomic mass is 79.9. The minimum atomic E-state index is -0.455. The molecule has 0 aliphatic rings. The predicted molar refractivity (Wildman–Crippen MR) is 87.7 cm³/mol. The van der Waals surface area contributed by atoms with Gasteiger partial charge in [0.2, 0.25) is 5.88 Å². The number of aromatic amines is 1. The van der Waals surface area contributed by atoms with Gasteiger partial charge in [0.25, 0.3) is 5.91 Å². The number of rotatable bonds is 2. The number of azo groups is 1. The maximum Gasteiger partial charge on any atom is 0.295 e. The Kier molecular flexibility index (Phi) is 3.77. The van der Waals surface area contributed by atoms with E-state index in [0.717, 1.165) is 15.6 Å². The van der Waals surface area contributed by atoms with E-state index in [2.05, 4.69) is 31.1 Å². The van der Waals surface area contributed by atoms with E-state index in [0.29, 0.717) is 10.9 Å². The minimum absolute atomic E-state index is 0.114. The molecule has 1 amide bonds. The van der Waals surface area contributed by atoms with Crippen molar-refractivity contribution in [3.8, 4) is 5.88 Å². The van der Waals surface area contributed by atoms with Crippen molar-refractivity contribution >= 4 is 38.4 Å². The lowest BCUT2D eigenvalue weighted by atomic mass is 10.1. The van der Waals surface area contributed by atoms with Gasteiger partial charge in [-0.15, -0.1) is 10.2 Å². The Morgan fingerprint density at radius 3 is 2.68 bits per heavy atom. The molecule has 0 saturated heterocycles. The number of amides is 1. The Balaban J connectivity index is 2.00. The predicted octanol–water partition coefficient (Wildman–Crippen LogP) is 4.87. The van der Waals surface area contributed by atoms with Crippen molar-refractivity contribution in [2.24, 2.45) is 10.2 Å². The molecule has 2 N–H and O–H groups in total. The first kappa shape index (κ1) is 14.5. The van der Waals surface area contributed by atoms with E-state index in [-0.39, 0.29) is 11.6 Å². The molecule has 110 valence electrons. The standard InChI is InChI=1S/C16H12BrN3O2/c1-9-7-11-13(8-12(9)17)18-16(22)14(11)19-20-15(21)10-5-3-2-4-6-10/h2-8,18,22H,1H3. The number of nitrogens with zero attached hydrogens (tertiary/aromatic N) is 2. The van der Waals surface area contributed by atoms with Crippen LogP contribution in [0.2, 0.25) is 0 Å². The highest BCUT2D eigenvalue weighted by Crippen LogP contribution is 2.37. The number of aryl methyl sites for hydroxylation is 1. The average molecular weight is 358 g/mol. The highest BCUT2D eigenvalue weighted by molar-refractivity contribution is 9.10. The Morgan fingerprint density at radius 1 is 1.23 bits per heavy atom. The number of hydrogen-bond donors (Lipinski definition) is 2. The number of aromatic nitrogens is 1. The van der Waals surface area contributed by atoms with Gasteiger partial charge >= 0.3 is 0 Å². The number of aromatic hydroxyl groups is 1. The van der Waals surface area contributed by atoms with E-state index in [1.165, 1.54) is 0 Å². The first-order valence-electron chi connectivity index (χ1n) is 6.58. The normalized spacial score (nSPS) is 11.4. The second-order valence-corrected chi connectivity index (χ2v) is 5.69. The molecule has 0 unspecified atom stereocenters. The second kappa shape index (κ2) is 5.73. The van der Waals surface area contributed by atoms with Crippen LogP contribution in [0.5, 0.6) is 5.88 Å². The van der Waals surface area contributed by atoms with Crippen LogP contribution in [0.15, 0.2) is 57.2 Å². The third kappa shape index (κ3) is 2.65. The second-order valence-electron chi connectivity index (χ2n) is 4.84. The molecule has 0 atom stereocenters. The fourth-order valence-corrected chi connectivity index (χ4v) is 2.47. The van der Waals surface area contributed by atoms with Crippen molar-refractivity contribution in [3.05, 3.63) is 58.1 Å². The summed E-state index contributed by atoms with van der Waals surface area (Å²) in [5, 5.41) is 18.3. The lowest BCUT2D eigenvalue weighted by molar-refractivity contribution is 0.0995. The first-order valence-corrected chi connectivity index (χ1v) is 7.37. The van der Waals surface area contributed by atoms with E-state index in [9.17, 15) is 9.90 Å². The number of carbonyl (C=O) groups is 1. The lowest BCUT2D eigenvalue weighted by Crippen LogP contribution is -1.91. The van der Waals surface area contributed by atoms with Crippen LogP contribution in [0.25, 0.3) is 10.9 Å². The molecular formula is C16H12BrN3O2. The van der Waals surface area contributed by atoms with Gasteiger partial charge in [-0.25, -0.2) is 0 Å². The molecule has 6 heteroatoms. The molecule has 0 aliphatic heterocycles. The zero-order chi connectivity index (χ0) is 15.7. The van der Waals surface area contributed by atoms with Gasteiger partial charge in [0.15, 0.2) is 5.69 Å². The smallest absolute Gasteiger partial charge is 0.295 e. The number of H-pyrrole nitrogens is 1. The monoisotopic (exact) mass is 357 g/mol. The summed E-state index contributed by atoms with van der Waals surface area (Å²) in [5.41, 5.74) is 2.42. The number of fused-ring (bicyclic) bond motifs is 1. The van der Waals surface area contributed by atoms with Crippen LogP contribution in [-0.2, 0) is 0 Å². The van der Waals surface area contributed by atoms with Crippen molar-refractivity contribution in [2.75, 3.05) is 0 Å². The number of hydrogen-bond acceptors (Lipinski definition) is 3. The van der Waals surface area contributed by atoms with Crippen molar-refractivity contribution in [1.82, 2.24) is 4.98 Å². The number of carbonyl (C=O) groups excluding carboxylic acids is 1. The zero-order valence-corrected chi connectivity index (χ0v) is 13.3. The topological polar surface area (TPSA) is 77.8 Å². The third-order valence-corrected chi connectivity index (χ3v) is 4.15. The van der Waals surface area contributed by atoms with Gasteiger partial charge in [-0.2, -0.15) is 0 Å². The molecule has 5 nitrogen and oxygen atoms in total. The molecule has 0 bridgehead atoms. The summed E-state index contributed by atoms with van der Waals surface area (Å²) < 4.78 is 0.921. The molecule has 0 radical (unpaired) electrons. The van der Waals surface area contributed by atoms with E-state index in [1.54, 1.807) is 24.3 Å². The fourth-order valence-electron chi connectivity index (χ4n) is 2.13. The van der Waals surface area contributed by atoms with Crippen LogP contribution >= 0.6 is 15.9 Å². The summed E-state index contributed by atoms with van der Waals surface area (Å²) in [5.74, 6) is -0.569. The van der Waals surface area contributed by atoms with E-state index >= 15 is 0 Å². The van der Waals surface area contributed by atoms with Crippen LogP contribution in [0.4, 0.5) is 5.69 Å². The number of benzene rings is 2. The molecule has 2 aromatic carbocycles. The molecule has 1 heterocycles. The van der Waals surface area contributed by atoms with Crippen molar-refractivity contribution in [1.29, 1.82) is 0 Å². The molecule has 22 heavy (non-hydrogen) atoms. The summed E-state index contributed by atoms with van der Waals surface area (Å²) in [6, 6.07) is 12.4. The Hall–Kier alpha value is -2.47. The van der Waals surface area contributed by atoms with Gasteiger partial charge in [-0.1, -0.05) is 34.1 Å². The molecule has 0 spiro atoms. The summed E-state index contributed by atoms with van der Waals surface area (Å²) in [6.07, 6.45) is 0. The van der Waals surface area contributed by atoms with Gasteiger partial charge in [0, 0.05) is 15.4 Å². The first-order chi connectivity index (χ1) is 10.6. The van der Waals surface area contributed by atoms with Crippen LogP contribution in [0.3, 0.4) is 0 Å². The summed E-state index contributed by atoms with van der Waals surface area (Å²) in [4.78, 5) is 14.8. The third-order valence-electron chi connectivity index (χ3n) is 3.29. The zero-order valence-electron chi connectivity index (χ0n) is 11.7. The average Bonchev–Trinajstić information content (AvgIpc) is 2.81. The minimum Gasteiger partial charge on any atom is -0.493 e. The Labute approximate surface area is 134 Å². The summed E-state index contributed by atoms with van der Waals surface area (Å²) in [6.45, 7) is 1.93. The molecule has 0 saturated carbocycles. The van der Waals surface area contributed by atoms with Crippen molar-refractivity contribution in [2.45, 2.75) is 6.92 Å². The lowest BCUT2D eigenvalue weighted by Gasteiger charge is -1.98. The molecular weight excluding hydrogens is 346 g/mol. The molecule has 0 aliphatic carbocycles. The quantitative estimate of drug-likeness (QED) is 0.641. The highest BCUT2D eigenvalue weighted by Gasteiger charge is 2.13. The van der Waals surface area contributed by atoms with E-state index in [1.807, 2.05) is 25.1 Å². The van der Waals surface area contributed by atoms with Crippen LogP contribution < -0.4 is 0 Å². The Bertz CT molecular complexity index is 885. The van der Waals surface area contributed by atoms with E-state index in [4.69, 9.17) is 0 Å². The van der Waals surface area contributed by atoms with Gasteiger partial charge in [-0.3, -0.25) is 4.79 Å². The van der Waals surface area contributed by atoms with Crippen molar-refractivity contribution < 1.29 is 9.90 Å². The van der Waals surface area contributed by atoms with Crippen LogP contribution in [0, 0.1) is 6.92 Å². The molecule has 0 fully saturated rings. The van der Waals surface area contributed by atoms with E-state index < -0.39 is 5.91 Å². The molecule has 3 aromatic rings. The van der Waals surface area contributed by atoms with Gasteiger partial charge in [-0.05, 0) is 36.8 Å². The van der Waals surface area contributed by atoms with Gasteiger partial charge in [0.1, 0.15) is 0 Å². The fraction of sp³-hybridized carbons (Fsp3) is 0.0625. The summed E-state index contributed by atoms with van der Waals surface area (Å²) >= 11 is 3.43. The van der Waals surface area contributed by atoms with Crippen LogP contribution in [-0.4, -0.2) is 16.0 Å². The Morgan fingerprint density at radius 2 is 1.95 bits per heavy atom.